The predicted octanol–water partition coefficient (Wildman–Crippen LogP) is 3.46. The van der Waals surface area contributed by atoms with Crippen LogP contribution in [-0.4, -0.2) is 23.1 Å². The van der Waals surface area contributed by atoms with E-state index in [1.807, 2.05) is 12.2 Å². The summed E-state index contributed by atoms with van der Waals surface area (Å²) in [5, 5.41) is 10.5. The minimum Gasteiger partial charge on any atom is -0.352 e. The van der Waals surface area contributed by atoms with Gasteiger partial charge in [-0.3, -0.25) is 5.21 Å². The van der Waals surface area contributed by atoms with Crippen LogP contribution in [0.1, 0.15) is 45.4 Å². The molecule has 0 spiro atoms. The van der Waals surface area contributed by atoms with Crippen LogP contribution in [0, 0.1) is 0 Å². The van der Waals surface area contributed by atoms with Gasteiger partial charge in [0.1, 0.15) is 0 Å². The fourth-order valence-electron chi connectivity index (χ4n) is 1.69. The first kappa shape index (κ1) is 13.3. The van der Waals surface area contributed by atoms with Crippen molar-refractivity contribution in [2.24, 2.45) is 0 Å². The Morgan fingerprint density at radius 3 is 2.62 bits per heavy atom. The van der Waals surface area contributed by atoms with Gasteiger partial charge in [-0.15, -0.1) is 0 Å². The van der Waals surface area contributed by atoms with Crippen molar-refractivity contribution in [1.82, 2.24) is 5.06 Å². The Balaban J connectivity index is 1.95. The van der Waals surface area contributed by atoms with Crippen molar-refractivity contribution in [3.8, 4) is 0 Å². The molecular weight excluding hydrogens is 202 g/mol. The average Bonchev–Trinajstić information content (AvgIpc) is 2.30. The van der Waals surface area contributed by atoms with Crippen molar-refractivity contribution < 1.29 is 9.94 Å². The number of hydrogen-bond acceptors (Lipinski definition) is 3. The van der Waals surface area contributed by atoms with Crippen LogP contribution in [0.5, 0.6) is 0 Å². The average molecular weight is 225 g/mol. The smallest absolute Gasteiger partial charge is 0.172 e. The number of rotatable bonds is 8. The summed E-state index contributed by atoms with van der Waals surface area (Å²) >= 11 is 0. The largest absolute Gasteiger partial charge is 0.352 e. The number of hydroxylamine groups is 2. The Bertz CT molecular complexity index is 226. The summed E-state index contributed by atoms with van der Waals surface area (Å²) in [5.74, 6) is 0. The maximum Gasteiger partial charge on any atom is 0.172 e. The SMILES string of the molecule is CCCCCCCCOC1C=CC=CN1O. The molecule has 0 saturated heterocycles. The molecule has 3 nitrogen and oxygen atoms in total. The fourth-order valence-corrected chi connectivity index (χ4v) is 1.69. The maximum atomic E-state index is 9.41. The molecule has 1 heterocycles. The van der Waals surface area contributed by atoms with E-state index in [-0.39, 0.29) is 6.23 Å². The summed E-state index contributed by atoms with van der Waals surface area (Å²) in [4.78, 5) is 0. The molecule has 1 unspecified atom stereocenters. The van der Waals surface area contributed by atoms with E-state index in [4.69, 9.17) is 4.74 Å². The molecule has 0 saturated carbocycles. The molecule has 0 aromatic carbocycles. The monoisotopic (exact) mass is 225 g/mol. The minimum atomic E-state index is -0.305. The summed E-state index contributed by atoms with van der Waals surface area (Å²) in [5.41, 5.74) is 0. The van der Waals surface area contributed by atoms with Gasteiger partial charge in [-0.2, -0.15) is 0 Å². The van der Waals surface area contributed by atoms with E-state index in [2.05, 4.69) is 6.92 Å². The Labute approximate surface area is 98.4 Å². The first-order valence-electron chi connectivity index (χ1n) is 6.28. The molecule has 1 aliphatic heterocycles. The third-order valence-corrected chi connectivity index (χ3v) is 2.67. The van der Waals surface area contributed by atoms with Gasteiger partial charge in [0.25, 0.3) is 0 Å². The number of ether oxygens (including phenoxy) is 1. The number of unbranched alkanes of at least 4 members (excludes halogenated alkanes) is 5. The molecule has 0 aliphatic carbocycles. The van der Waals surface area contributed by atoms with Crippen LogP contribution in [0.15, 0.2) is 24.4 Å². The lowest BCUT2D eigenvalue weighted by atomic mass is 10.1. The molecule has 1 aliphatic rings. The summed E-state index contributed by atoms with van der Waals surface area (Å²) in [6.07, 6.45) is 14.3. The molecule has 16 heavy (non-hydrogen) atoms. The lowest BCUT2D eigenvalue weighted by Gasteiger charge is -2.23. The zero-order chi connectivity index (χ0) is 11.6. The quantitative estimate of drug-likeness (QED) is 0.642. The van der Waals surface area contributed by atoms with Gasteiger partial charge in [0.2, 0.25) is 0 Å². The van der Waals surface area contributed by atoms with Crippen LogP contribution in [0.3, 0.4) is 0 Å². The summed E-state index contributed by atoms with van der Waals surface area (Å²) in [6.45, 7) is 2.94. The lowest BCUT2D eigenvalue weighted by Crippen LogP contribution is -2.30. The zero-order valence-electron chi connectivity index (χ0n) is 10.1. The Kier molecular flexibility index (Phi) is 6.93. The first-order valence-corrected chi connectivity index (χ1v) is 6.28. The van der Waals surface area contributed by atoms with Gasteiger partial charge in [-0.05, 0) is 18.6 Å². The van der Waals surface area contributed by atoms with Gasteiger partial charge in [-0.1, -0.05) is 45.1 Å². The molecule has 0 fully saturated rings. The van der Waals surface area contributed by atoms with E-state index in [0.717, 1.165) is 11.5 Å². The van der Waals surface area contributed by atoms with Crippen LogP contribution in [0.25, 0.3) is 0 Å². The summed E-state index contributed by atoms with van der Waals surface area (Å²) < 4.78 is 5.54. The molecule has 0 aromatic rings. The highest BCUT2D eigenvalue weighted by atomic mass is 16.6. The molecule has 0 amide bonds. The third-order valence-electron chi connectivity index (χ3n) is 2.67. The molecule has 3 heteroatoms. The maximum absolute atomic E-state index is 9.41. The van der Waals surface area contributed by atoms with E-state index in [1.54, 1.807) is 12.3 Å². The molecule has 1 rings (SSSR count). The van der Waals surface area contributed by atoms with Crippen LogP contribution in [0.4, 0.5) is 0 Å². The van der Waals surface area contributed by atoms with Crippen molar-refractivity contribution in [2.75, 3.05) is 6.61 Å². The molecule has 92 valence electrons. The van der Waals surface area contributed by atoms with E-state index < -0.39 is 0 Å². The van der Waals surface area contributed by atoms with Crippen LogP contribution < -0.4 is 0 Å². The highest BCUT2D eigenvalue weighted by Gasteiger charge is 2.11. The van der Waals surface area contributed by atoms with Gasteiger partial charge in [0, 0.05) is 12.8 Å². The Morgan fingerprint density at radius 1 is 1.12 bits per heavy atom. The number of allylic oxidation sites excluding steroid dienone is 2. The summed E-state index contributed by atoms with van der Waals surface area (Å²) in [7, 11) is 0. The van der Waals surface area contributed by atoms with Crippen molar-refractivity contribution >= 4 is 0 Å². The topological polar surface area (TPSA) is 32.7 Å². The third kappa shape index (κ3) is 5.33. The summed E-state index contributed by atoms with van der Waals surface area (Å²) in [6, 6.07) is 0. The van der Waals surface area contributed by atoms with Gasteiger partial charge in [-0.25, -0.2) is 5.06 Å². The standard InChI is InChI=1S/C13H23NO2/c1-2-3-4-5-6-9-12-16-13-10-7-8-11-14(13)15/h7-8,10-11,13,15H,2-6,9,12H2,1H3. The van der Waals surface area contributed by atoms with Crippen molar-refractivity contribution in [2.45, 2.75) is 51.7 Å². The molecule has 1 atom stereocenters. The zero-order valence-corrected chi connectivity index (χ0v) is 10.1. The van der Waals surface area contributed by atoms with E-state index >= 15 is 0 Å². The second kappa shape index (κ2) is 8.36. The van der Waals surface area contributed by atoms with Crippen molar-refractivity contribution in [3.63, 3.8) is 0 Å². The normalized spacial score (nSPS) is 19.4. The first-order chi connectivity index (χ1) is 7.84. The van der Waals surface area contributed by atoms with E-state index in [0.29, 0.717) is 6.61 Å². The second-order valence-electron chi connectivity index (χ2n) is 4.14. The van der Waals surface area contributed by atoms with Crippen molar-refractivity contribution in [3.05, 3.63) is 24.4 Å². The minimum absolute atomic E-state index is 0.305. The van der Waals surface area contributed by atoms with Crippen molar-refractivity contribution in [1.29, 1.82) is 0 Å². The molecule has 0 aromatic heterocycles. The highest BCUT2D eigenvalue weighted by Crippen LogP contribution is 2.09. The van der Waals surface area contributed by atoms with Gasteiger partial charge in [0.05, 0.1) is 0 Å². The number of hydrogen-bond donors (Lipinski definition) is 1. The van der Waals surface area contributed by atoms with Crippen LogP contribution in [-0.2, 0) is 4.74 Å². The Morgan fingerprint density at radius 2 is 1.88 bits per heavy atom. The molecule has 0 radical (unpaired) electrons. The Hall–Kier alpha value is -0.800. The number of nitrogens with zero attached hydrogens (tertiary/aromatic N) is 1. The second-order valence-corrected chi connectivity index (χ2v) is 4.14. The predicted molar refractivity (Wildman–Crippen MR) is 65.0 cm³/mol. The fraction of sp³-hybridized carbons (Fsp3) is 0.692. The van der Waals surface area contributed by atoms with E-state index in [1.165, 1.54) is 32.1 Å². The van der Waals surface area contributed by atoms with Crippen LogP contribution in [0.2, 0.25) is 0 Å². The highest BCUT2D eigenvalue weighted by molar-refractivity contribution is 5.08. The van der Waals surface area contributed by atoms with E-state index in [9.17, 15) is 5.21 Å². The lowest BCUT2D eigenvalue weighted by molar-refractivity contribution is -0.163. The molecule has 1 N–H and O–H groups in total. The van der Waals surface area contributed by atoms with Gasteiger partial charge < -0.3 is 4.74 Å². The van der Waals surface area contributed by atoms with Gasteiger partial charge >= 0.3 is 0 Å². The molecule has 0 bridgehead atoms. The molecular formula is C13H23NO2. The van der Waals surface area contributed by atoms with Crippen LogP contribution >= 0.6 is 0 Å². The van der Waals surface area contributed by atoms with Gasteiger partial charge in [0.15, 0.2) is 6.23 Å².